The Labute approximate surface area is 148 Å². The summed E-state index contributed by atoms with van der Waals surface area (Å²) in [5, 5.41) is 7.44. The molecule has 1 heterocycles. The highest BCUT2D eigenvalue weighted by molar-refractivity contribution is 5.76. The quantitative estimate of drug-likeness (QED) is 0.931. The van der Waals surface area contributed by atoms with Crippen molar-refractivity contribution in [3.63, 3.8) is 0 Å². The summed E-state index contributed by atoms with van der Waals surface area (Å²) in [7, 11) is 0. The lowest BCUT2D eigenvalue weighted by Crippen LogP contribution is -2.43. The van der Waals surface area contributed by atoms with E-state index in [1.165, 1.54) is 17.2 Å². The fourth-order valence-electron chi connectivity index (χ4n) is 3.36. The summed E-state index contributed by atoms with van der Waals surface area (Å²) in [6.45, 7) is 4.16. The summed E-state index contributed by atoms with van der Waals surface area (Å²) in [4.78, 5) is 24.4. The Hall–Kier alpha value is -2.43. The fraction of sp³-hybridized carbons (Fsp3) is 0.450. The minimum atomic E-state index is -0.261. The Morgan fingerprint density at radius 2 is 1.88 bits per heavy atom. The molecule has 0 aliphatic heterocycles. The molecular weight excluding hydrogens is 314 g/mol. The molecule has 0 radical (unpaired) electrons. The Kier molecular flexibility index (Phi) is 5.31. The number of carbonyl (C=O) groups is 1. The monoisotopic (exact) mass is 339 g/mol. The molecule has 2 atom stereocenters. The van der Waals surface area contributed by atoms with Crippen LogP contribution in [0.2, 0.25) is 0 Å². The van der Waals surface area contributed by atoms with Gasteiger partial charge in [-0.25, -0.2) is 4.68 Å². The first kappa shape index (κ1) is 17.4. The molecule has 1 N–H and O–H groups in total. The highest BCUT2D eigenvalue weighted by Gasteiger charge is 2.23. The summed E-state index contributed by atoms with van der Waals surface area (Å²) >= 11 is 0. The average molecular weight is 339 g/mol. The van der Waals surface area contributed by atoms with Crippen molar-refractivity contribution in [3.8, 4) is 11.3 Å². The molecule has 132 valence electrons. The van der Waals surface area contributed by atoms with Crippen LogP contribution in [0.5, 0.6) is 0 Å². The predicted molar refractivity (Wildman–Crippen MR) is 98.2 cm³/mol. The van der Waals surface area contributed by atoms with E-state index in [9.17, 15) is 9.59 Å². The third kappa shape index (κ3) is 4.35. The van der Waals surface area contributed by atoms with E-state index in [0.717, 1.165) is 30.4 Å². The Morgan fingerprint density at radius 3 is 2.60 bits per heavy atom. The third-order valence-corrected chi connectivity index (χ3v) is 4.97. The van der Waals surface area contributed by atoms with Crippen molar-refractivity contribution in [1.82, 2.24) is 15.1 Å². The lowest BCUT2D eigenvalue weighted by molar-refractivity contribution is -0.123. The average Bonchev–Trinajstić information content (AvgIpc) is 2.60. The summed E-state index contributed by atoms with van der Waals surface area (Å²) in [6.07, 6.45) is 4.54. The molecule has 0 bridgehead atoms. The van der Waals surface area contributed by atoms with Gasteiger partial charge in [-0.05, 0) is 31.7 Å². The van der Waals surface area contributed by atoms with E-state index in [1.54, 1.807) is 6.07 Å². The molecule has 5 nitrogen and oxygen atoms in total. The fourth-order valence-corrected chi connectivity index (χ4v) is 3.36. The molecule has 1 aliphatic carbocycles. The van der Waals surface area contributed by atoms with Gasteiger partial charge in [0.15, 0.2) is 0 Å². The number of nitrogens with zero attached hydrogens (tertiary/aromatic N) is 2. The summed E-state index contributed by atoms with van der Waals surface area (Å²) in [6, 6.07) is 11.3. The van der Waals surface area contributed by atoms with Crippen LogP contribution in [-0.4, -0.2) is 21.7 Å². The second-order valence-corrected chi connectivity index (χ2v) is 7.02. The van der Waals surface area contributed by atoms with Crippen LogP contribution >= 0.6 is 0 Å². The SMILES string of the molecule is Cc1ccc(-c2ccc(=O)n(CC(=O)NC3CCCCC3C)n2)cc1. The van der Waals surface area contributed by atoms with Gasteiger partial charge in [-0.3, -0.25) is 9.59 Å². The maximum Gasteiger partial charge on any atom is 0.267 e. The van der Waals surface area contributed by atoms with Crippen LogP contribution in [0.3, 0.4) is 0 Å². The highest BCUT2D eigenvalue weighted by atomic mass is 16.2. The number of rotatable bonds is 4. The number of carbonyl (C=O) groups excluding carboxylic acids is 1. The standard InChI is InChI=1S/C20H25N3O2/c1-14-7-9-16(10-8-14)18-11-12-20(25)23(22-18)13-19(24)21-17-6-4-3-5-15(17)2/h7-12,15,17H,3-6,13H2,1-2H3,(H,21,24). The van der Waals surface area contributed by atoms with Crippen molar-refractivity contribution >= 4 is 5.91 Å². The van der Waals surface area contributed by atoms with Crippen LogP contribution in [0.4, 0.5) is 0 Å². The molecule has 1 aromatic heterocycles. The first-order chi connectivity index (χ1) is 12.0. The van der Waals surface area contributed by atoms with Crippen LogP contribution in [0.15, 0.2) is 41.2 Å². The van der Waals surface area contributed by atoms with Gasteiger partial charge in [0, 0.05) is 17.7 Å². The molecule has 2 aromatic rings. The number of amides is 1. The van der Waals surface area contributed by atoms with E-state index in [1.807, 2.05) is 31.2 Å². The second-order valence-electron chi connectivity index (χ2n) is 7.02. The molecule has 0 saturated heterocycles. The number of nitrogens with one attached hydrogen (secondary N) is 1. The number of aromatic nitrogens is 2. The van der Waals surface area contributed by atoms with E-state index in [2.05, 4.69) is 17.3 Å². The van der Waals surface area contributed by atoms with Gasteiger partial charge in [0.1, 0.15) is 6.54 Å². The van der Waals surface area contributed by atoms with Crippen molar-refractivity contribution < 1.29 is 4.79 Å². The summed E-state index contributed by atoms with van der Waals surface area (Å²) < 4.78 is 1.25. The molecule has 1 saturated carbocycles. The van der Waals surface area contributed by atoms with Gasteiger partial charge in [0.25, 0.3) is 5.56 Å². The van der Waals surface area contributed by atoms with Crippen LogP contribution in [0, 0.1) is 12.8 Å². The van der Waals surface area contributed by atoms with Crippen molar-refractivity contribution in [3.05, 3.63) is 52.3 Å². The number of hydrogen-bond donors (Lipinski definition) is 1. The lowest BCUT2D eigenvalue weighted by Gasteiger charge is -2.29. The van der Waals surface area contributed by atoms with E-state index in [0.29, 0.717) is 11.6 Å². The molecule has 1 aliphatic rings. The summed E-state index contributed by atoms with van der Waals surface area (Å²) in [5.41, 5.74) is 2.53. The Balaban J connectivity index is 1.73. The number of benzene rings is 1. The van der Waals surface area contributed by atoms with Crippen LogP contribution in [0.25, 0.3) is 11.3 Å². The second kappa shape index (κ2) is 7.64. The zero-order chi connectivity index (χ0) is 17.8. The van der Waals surface area contributed by atoms with Crippen molar-refractivity contribution in [2.24, 2.45) is 5.92 Å². The molecule has 1 fully saturated rings. The van der Waals surface area contributed by atoms with Crippen molar-refractivity contribution in [2.75, 3.05) is 0 Å². The topological polar surface area (TPSA) is 64.0 Å². The molecule has 1 amide bonds. The van der Waals surface area contributed by atoms with Gasteiger partial charge < -0.3 is 5.32 Å². The zero-order valence-electron chi connectivity index (χ0n) is 14.9. The number of aryl methyl sites for hydroxylation is 1. The largest absolute Gasteiger partial charge is 0.351 e. The van der Waals surface area contributed by atoms with E-state index >= 15 is 0 Å². The maximum atomic E-state index is 12.4. The summed E-state index contributed by atoms with van der Waals surface area (Å²) in [5.74, 6) is 0.343. The smallest absolute Gasteiger partial charge is 0.267 e. The molecule has 25 heavy (non-hydrogen) atoms. The first-order valence-electron chi connectivity index (χ1n) is 8.97. The van der Waals surface area contributed by atoms with Crippen LogP contribution < -0.4 is 10.9 Å². The normalized spacial score (nSPS) is 20.2. The van der Waals surface area contributed by atoms with Gasteiger partial charge in [0.2, 0.25) is 5.91 Å². The molecule has 0 spiro atoms. The minimum absolute atomic E-state index is 0.0399. The van der Waals surface area contributed by atoms with Gasteiger partial charge in [-0.15, -0.1) is 0 Å². The highest BCUT2D eigenvalue weighted by Crippen LogP contribution is 2.23. The first-order valence-corrected chi connectivity index (χ1v) is 8.97. The predicted octanol–water partition coefficient (Wildman–Crippen LogP) is 2.91. The van der Waals surface area contributed by atoms with E-state index in [4.69, 9.17) is 0 Å². The number of hydrogen-bond acceptors (Lipinski definition) is 3. The molecule has 1 aromatic carbocycles. The molecular formula is C20H25N3O2. The Morgan fingerprint density at radius 1 is 1.16 bits per heavy atom. The van der Waals surface area contributed by atoms with Gasteiger partial charge >= 0.3 is 0 Å². The van der Waals surface area contributed by atoms with Crippen molar-refractivity contribution in [2.45, 2.75) is 52.1 Å². The van der Waals surface area contributed by atoms with Crippen LogP contribution in [-0.2, 0) is 11.3 Å². The van der Waals surface area contributed by atoms with Gasteiger partial charge in [-0.2, -0.15) is 5.10 Å². The maximum absolute atomic E-state index is 12.4. The molecule has 3 rings (SSSR count). The van der Waals surface area contributed by atoms with Gasteiger partial charge in [-0.1, -0.05) is 49.6 Å². The van der Waals surface area contributed by atoms with Crippen LogP contribution in [0.1, 0.15) is 38.2 Å². The van der Waals surface area contributed by atoms with E-state index < -0.39 is 0 Å². The lowest BCUT2D eigenvalue weighted by atomic mass is 9.86. The molecule has 2 unspecified atom stereocenters. The Bertz CT molecular complexity index is 795. The molecule has 5 heteroatoms. The van der Waals surface area contributed by atoms with Crippen molar-refractivity contribution in [1.29, 1.82) is 0 Å². The van der Waals surface area contributed by atoms with E-state index in [-0.39, 0.29) is 24.1 Å². The third-order valence-electron chi connectivity index (χ3n) is 4.97. The van der Waals surface area contributed by atoms with Gasteiger partial charge in [0.05, 0.1) is 5.69 Å². The minimum Gasteiger partial charge on any atom is -0.351 e. The zero-order valence-corrected chi connectivity index (χ0v) is 14.9.